The van der Waals surface area contributed by atoms with Crippen LogP contribution in [0.5, 0.6) is 11.5 Å². The first-order valence-electron chi connectivity index (χ1n) is 7.33. The zero-order valence-corrected chi connectivity index (χ0v) is 13.4. The van der Waals surface area contributed by atoms with Crippen LogP contribution in [0, 0.1) is 10.1 Å². The van der Waals surface area contributed by atoms with Crippen molar-refractivity contribution in [1.29, 1.82) is 0 Å². The predicted molar refractivity (Wildman–Crippen MR) is 90.6 cm³/mol. The van der Waals surface area contributed by atoms with Crippen molar-refractivity contribution in [3.05, 3.63) is 69.8 Å². The highest BCUT2D eigenvalue weighted by atomic mass is 16.6. The fraction of sp³-hybridized carbons (Fsp3) is 0.167. The second kappa shape index (κ2) is 7.92. The third kappa shape index (κ3) is 3.98. The molecule has 24 heavy (non-hydrogen) atoms. The minimum atomic E-state index is -0.568. The number of carbonyl (C=O) groups excluding carboxylic acids is 1. The second-order valence-corrected chi connectivity index (χ2v) is 4.82. The van der Waals surface area contributed by atoms with Gasteiger partial charge >= 0.3 is 0 Å². The summed E-state index contributed by atoms with van der Waals surface area (Å²) in [6.45, 7) is 2.35. The Morgan fingerprint density at radius 3 is 2.62 bits per heavy atom. The van der Waals surface area contributed by atoms with Gasteiger partial charge in [-0.15, -0.1) is 0 Å². The first-order valence-corrected chi connectivity index (χ1v) is 7.33. The monoisotopic (exact) mass is 327 g/mol. The molecule has 0 spiro atoms. The molecule has 0 aliphatic carbocycles. The maximum atomic E-state index is 12.2. The van der Waals surface area contributed by atoms with Crippen LogP contribution in [0.3, 0.4) is 0 Å². The Morgan fingerprint density at radius 1 is 1.21 bits per heavy atom. The van der Waals surface area contributed by atoms with Crippen LogP contribution >= 0.6 is 0 Å². The fourth-order valence-electron chi connectivity index (χ4n) is 2.17. The number of carbonyl (C=O) groups is 1. The SMILES string of the molecule is CCOc1cc(/C=C/C(=O)c2ccccc2[N+](=O)[O-])ccc1OC. The van der Waals surface area contributed by atoms with Gasteiger partial charge in [0.25, 0.3) is 5.69 Å². The van der Waals surface area contributed by atoms with E-state index >= 15 is 0 Å². The molecule has 0 fully saturated rings. The Hall–Kier alpha value is -3.15. The maximum absolute atomic E-state index is 12.2. The smallest absolute Gasteiger partial charge is 0.280 e. The summed E-state index contributed by atoms with van der Waals surface area (Å²) >= 11 is 0. The number of para-hydroxylation sites is 1. The van der Waals surface area contributed by atoms with Crippen LogP contribution in [0.1, 0.15) is 22.8 Å². The average Bonchev–Trinajstić information content (AvgIpc) is 2.60. The molecule has 124 valence electrons. The standard InChI is InChI=1S/C18H17NO5/c1-3-24-18-12-13(9-11-17(18)23-2)8-10-16(20)14-6-4-5-7-15(14)19(21)22/h4-12H,3H2,1-2H3/b10-8+. The van der Waals surface area contributed by atoms with E-state index in [2.05, 4.69) is 0 Å². The van der Waals surface area contributed by atoms with E-state index in [0.29, 0.717) is 18.1 Å². The molecule has 0 aliphatic rings. The highest BCUT2D eigenvalue weighted by molar-refractivity contribution is 6.09. The van der Waals surface area contributed by atoms with Crippen molar-refractivity contribution in [1.82, 2.24) is 0 Å². The summed E-state index contributed by atoms with van der Waals surface area (Å²) in [5.74, 6) is 0.732. The molecule has 2 rings (SSSR count). The van der Waals surface area contributed by atoms with Gasteiger partial charge in [-0.2, -0.15) is 0 Å². The molecule has 2 aromatic rings. The number of hydrogen-bond acceptors (Lipinski definition) is 5. The summed E-state index contributed by atoms with van der Waals surface area (Å²) in [5.41, 5.74) is 0.570. The van der Waals surface area contributed by atoms with Gasteiger partial charge < -0.3 is 9.47 Å². The van der Waals surface area contributed by atoms with Crippen molar-refractivity contribution in [2.45, 2.75) is 6.92 Å². The van der Waals surface area contributed by atoms with Gasteiger partial charge in [0.05, 0.1) is 24.2 Å². The highest BCUT2D eigenvalue weighted by Gasteiger charge is 2.16. The number of ether oxygens (including phenoxy) is 2. The second-order valence-electron chi connectivity index (χ2n) is 4.82. The molecule has 0 heterocycles. The van der Waals surface area contributed by atoms with E-state index in [1.54, 1.807) is 37.5 Å². The van der Waals surface area contributed by atoms with Crippen LogP contribution in [0.25, 0.3) is 6.08 Å². The summed E-state index contributed by atoms with van der Waals surface area (Å²) < 4.78 is 10.7. The van der Waals surface area contributed by atoms with Gasteiger partial charge in [-0.05, 0) is 36.8 Å². The highest BCUT2D eigenvalue weighted by Crippen LogP contribution is 2.28. The molecular weight excluding hydrogens is 310 g/mol. The lowest BCUT2D eigenvalue weighted by Crippen LogP contribution is -2.00. The van der Waals surface area contributed by atoms with Crippen LogP contribution < -0.4 is 9.47 Å². The van der Waals surface area contributed by atoms with E-state index in [1.165, 1.54) is 24.3 Å². The summed E-state index contributed by atoms with van der Waals surface area (Å²) in [7, 11) is 1.55. The van der Waals surface area contributed by atoms with E-state index in [4.69, 9.17) is 9.47 Å². The molecule has 0 amide bonds. The quantitative estimate of drug-likeness (QED) is 0.333. The van der Waals surface area contributed by atoms with E-state index in [9.17, 15) is 14.9 Å². The summed E-state index contributed by atoms with van der Waals surface area (Å²) in [4.78, 5) is 22.6. The molecule has 0 radical (unpaired) electrons. The largest absolute Gasteiger partial charge is 0.493 e. The van der Waals surface area contributed by atoms with E-state index in [1.807, 2.05) is 6.92 Å². The van der Waals surface area contributed by atoms with Crippen molar-refractivity contribution in [2.24, 2.45) is 0 Å². The number of nitro groups is 1. The van der Waals surface area contributed by atoms with Crippen molar-refractivity contribution in [3.63, 3.8) is 0 Å². The van der Waals surface area contributed by atoms with Gasteiger partial charge in [-0.3, -0.25) is 14.9 Å². The van der Waals surface area contributed by atoms with Crippen molar-refractivity contribution in [3.8, 4) is 11.5 Å². The number of hydrogen-bond donors (Lipinski definition) is 0. The van der Waals surface area contributed by atoms with Crippen LogP contribution in [-0.4, -0.2) is 24.4 Å². The van der Waals surface area contributed by atoms with Crippen LogP contribution in [-0.2, 0) is 0 Å². The fourth-order valence-corrected chi connectivity index (χ4v) is 2.17. The Balaban J connectivity index is 2.26. The Bertz CT molecular complexity index is 783. The van der Waals surface area contributed by atoms with E-state index in [-0.39, 0.29) is 11.3 Å². The predicted octanol–water partition coefficient (Wildman–Crippen LogP) is 3.90. The normalized spacial score (nSPS) is 10.6. The lowest BCUT2D eigenvalue weighted by Gasteiger charge is -2.09. The maximum Gasteiger partial charge on any atom is 0.280 e. The first kappa shape index (κ1) is 17.2. The van der Waals surface area contributed by atoms with Gasteiger partial charge in [0.15, 0.2) is 17.3 Å². The van der Waals surface area contributed by atoms with Crippen molar-refractivity contribution < 1.29 is 19.2 Å². The van der Waals surface area contributed by atoms with Gasteiger partial charge in [0.2, 0.25) is 0 Å². The molecule has 0 bridgehead atoms. The third-order valence-corrected chi connectivity index (χ3v) is 3.28. The van der Waals surface area contributed by atoms with Crippen LogP contribution in [0.15, 0.2) is 48.5 Å². The molecule has 0 atom stereocenters. The Morgan fingerprint density at radius 2 is 1.96 bits per heavy atom. The lowest BCUT2D eigenvalue weighted by atomic mass is 10.1. The molecule has 6 nitrogen and oxygen atoms in total. The summed E-state index contributed by atoms with van der Waals surface area (Å²) in [6.07, 6.45) is 2.89. The summed E-state index contributed by atoms with van der Waals surface area (Å²) in [5, 5.41) is 11.0. The zero-order chi connectivity index (χ0) is 17.5. The molecule has 6 heteroatoms. The average molecular weight is 327 g/mol. The number of benzene rings is 2. The number of allylic oxidation sites excluding steroid dienone is 1. The minimum Gasteiger partial charge on any atom is -0.493 e. The number of ketones is 1. The molecule has 0 saturated carbocycles. The summed E-state index contributed by atoms with van der Waals surface area (Å²) in [6, 6.07) is 11.1. The molecular formula is C18H17NO5. The van der Waals surface area contributed by atoms with Gasteiger partial charge in [-0.25, -0.2) is 0 Å². The Labute approximate surface area is 139 Å². The topological polar surface area (TPSA) is 78.7 Å². The zero-order valence-electron chi connectivity index (χ0n) is 13.4. The van der Waals surface area contributed by atoms with Crippen molar-refractivity contribution in [2.75, 3.05) is 13.7 Å². The molecule has 0 unspecified atom stereocenters. The molecule has 0 aromatic heterocycles. The molecule has 2 aromatic carbocycles. The first-order chi connectivity index (χ1) is 11.6. The Kier molecular flexibility index (Phi) is 5.68. The van der Waals surface area contributed by atoms with Gasteiger partial charge in [0.1, 0.15) is 0 Å². The van der Waals surface area contributed by atoms with Crippen LogP contribution in [0.4, 0.5) is 5.69 Å². The van der Waals surface area contributed by atoms with Gasteiger partial charge in [-0.1, -0.05) is 24.3 Å². The molecule has 0 N–H and O–H groups in total. The van der Waals surface area contributed by atoms with Gasteiger partial charge in [0, 0.05) is 6.07 Å². The van der Waals surface area contributed by atoms with E-state index < -0.39 is 10.7 Å². The number of methoxy groups -OCH3 is 1. The number of nitro benzene ring substituents is 1. The molecule has 0 saturated heterocycles. The number of nitrogens with zero attached hydrogens (tertiary/aromatic N) is 1. The number of rotatable bonds is 7. The molecule has 0 aliphatic heterocycles. The van der Waals surface area contributed by atoms with Crippen molar-refractivity contribution >= 4 is 17.5 Å². The third-order valence-electron chi connectivity index (χ3n) is 3.28. The minimum absolute atomic E-state index is 0.0530. The van der Waals surface area contributed by atoms with E-state index in [0.717, 1.165) is 5.56 Å². The van der Waals surface area contributed by atoms with Crippen LogP contribution in [0.2, 0.25) is 0 Å². The lowest BCUT2D eigenvalue weighted by molar-refractivity contribution is -0.385.